The van der Waals surface area contributed by atoms with E-state index in [2.05, 4.69) is 22.1 Å². The van der Waals surface area contributed by atoms with Gasteiger partial charge in [0.2, 0.25) is 0 Å². The third-order valence-electron chi connectivity index (χ3n) is 3.74. The quantitative estimate of drug-likeness (QED) is 0.858. The van der Waals surface area contributed by atoms with E-state index in [0.717, 1.165) is 43.4 Å². The predicted octanol–water partition coefficient (Wildman–Crippen LogP) is 1.67. The summed E-state index contributed by atoms with van der Waals surface area (Å²) >= 11 is 0. The molecule has 1 N–H and O–H groups in total. The maximum absolute atomic E-state index is 5.45. The molecule has 0 aromatic carbocycles. The Morgan fingerprint density at radius 1 is 1.40 bits per heavy atom. The SMILES string of the molecule is CCNC1CCCN(Cc2nccc(OC)c2OC)C1. The standard InChI is InChI=1S/C15H25N3O2/c1-4-16-12-6-5-9-18(10-12)11-13-15(20-3)14(19-2)7-8-17-13/h7-8,12,16H,4-6,9-11H2,1-3H3. The number of methoxy groups -OCH3 is 2. The van der Waals surface area contributed by atoms with Crippen molar-refractivity contribution in [1.82, 2.24) is 15.2 Å². The summed E-state index contributed by atoms with van der Waals surface area (Å²) in [6.07, 6.45) is 4.26. The zero-order chi connectivity index (χ0) is 14.4. The molecule has 0 aliphatic carbocycles. The molecule has 2 rings (SSSR count). The molecule has 0 bridgehead atoms. The molecule has 1 aromatic heterocycles. The summed E-state index contributed by atoms with van der Waals surface area (Å²) in [6.45, 7) is 6.17. The van der Waals surface area contributed by atoms with Crippen LogP contribution in [0.15, 0.2) is 12.3 Å². The first-order valence-electron chi connectivity index (χ1n) is 7.30. The number of aromatic nitrogens is 1. The van der Waals surface area contributed by atoms with E-state index >= 15 is 0 Å². The highest BCUT2D eigenvalue weighted by Gasteiger charge is 2.21. The smallest absolute Gasteiger partial charge is 0.183 e. The van der Waals surface area contributed by atoms with Crippen molar-refractivity contribution in [2.24, 2.45) is 0 Å². The molecule has 1 aliphatic rings. The number of hydrogen-bond donors (Lipinski definition) is 1. The van der Waals surface area contributed by atoms with Gasteiger partial charge in [-0.25, -0.2) is 0 Å². The molecule has 0 spiro atoms. The number of nitrogens with one attached hydrogen (secondary N) is 1. The van der Waals surface area contributed by atoms with Gasteiger partial charge in [-0.1, -0.05) is 6.92 Å². The van der Waals surface area contributed by atoms with E-state index in [1.165, 1.54) is 12.8 Å². The second-order valence-electron chi connectivity index (χ2n) is 5.13. The van der Waals surface area contributed by atoms with Crippen LogP contribution in [0.2, 0.25) is 0 Å². The van der Waals surface area contributed by atoms with Gasteiger partial charge in [0.05, 0.1) is 14.2 Å². The van der Waals surface area contributed by atoms with Crippen molar-refractivity contribution in [3.8, 4) is 11.5 Å². The van der Waals surface area contributed by atoms with Crippen LogP contribution >= 0.6 is 0 Å². The second kappa shape index (κ2) is 7.45. The Labute approximate surface area is 121 Å². The van der Waals surface area contributed by atoms with Crippen LogP contribution in [0.1, 0.15) is 25.5 Å². The Kier molecular flexibility index (Phi) is 5.61. The van der Waals surface area contributed by atoms with E-state index in [-0.39, 0.29) is 0 Å². The van der Waals surface area contributed by atoms with Crippen LogP contribution < -0.4 is 14.8 Å². The molecule has 1 aliphatic heterocycles. The average molecular weight is 279 g/mol. The molecule has 1 aromatic rings. The number of nitrogens with zero attached hydrogens (tertiary/aromatic N) is 2. The van der Waals surface area contributed by atoms with Gasteiger partial charge in [-0.15, -0.1) is 0 Å². The Morgan fingerprint density at radius 3 is 2.95 bits per heavy atom. The maximum Gasteiger partial charge on any atom is 0.183 e. The fourth-order valence-electron chi connectivity index (χ4n) is 2.83. The molecule has 1 unspecified atom stereocenters. The molecule has 112 valence electrons. The number of likely N-dealkylation sites (N-methyl/N-ethyl adjacent to an activating group) is 1. The maximum atomic E-state index is 5.45. The summed E-state index contributed by atoms with van der Waals surface area (Å²) in [6, 6.07) is 2.42. The Morgan fingerprint density at radius 2 is 2.25 bits per heavy atom. The minimum absolute atomic E-state index is 0.588. The van der Waals surface area contributed by atoms with Gasteiger partial charge in [0, 0.05) is 31.4 Å². The summed E-state index contributed by atoms with van der Waals surface area (Å²) in [5, 5.41) is 3.53. The van der Waals surface area contributed by atoms with E-state index < -0.39 is 0 Å². The third-order valence-corrected chi connectivity index (χ3v) is 3.74. The molecular formula is C15H25N3O2. The molecule has 5 nitrogen and oxygen atoms in total. The first-order chi connectivity index (χ1) is 9.78. The van der Waals surface area contributed by atoms with Gasteiger partial charge in [-0.05, 0) is 25.9 Å². The molecule has 2 heterocycles. The van der Waals surface area contributed by atoms with Crippen molar-refractivity contribution in [1.29, 1.82) is 0 Å². The van der Waals surface area contributed by atoms with E-state index in [9.17, 15) is 0 Å². The highest BCUT2D eigenvalue weighted by molar-refractivity contribution is 5.42. The van der Waals surface area contributed by atoms with Crippen molar-refractivity contribution in [3.05, 3.63) is 18.0 Å². The molecular weight excluding hydrogens is 254 g/mol. The first kappa shape index (κ1) is 15.1. The largest absolute Gasteiger partial charge is 0.493 e. The molecule has 1 fully saturated rings. The number of ether oxygens (including phenoxy) is 2. The third kappa shape index (κ3) is 3.61. The van der Waals surface area contributed by atoms with Crippen molar-refractivity contribution >= 4 is 0 Å². The van der Waals surface area contributed by atoms with Crippen molar-refractivity contribution < 1.29 is 9.47 Å². The van der Waals surface area contributed by atoms with E-state index in [1.54, 1.807) is 20.4 Å². The summed E-state index contributed by atoms with van der Waals surface area (Å²) in [5.41, 5.74) is 0.948. The van der Waals surface area contributed by atoms with Gasteiger partial charge in [0.15, 0.2) is 11.5 Å². The summed E-state index contributed by atoms with van der Waals surface area (Å²) in [7, 11) is 3.32. The van der Waals surface area contributed by atoms with E-state index in [1.807, 2.05) is 6.07 Å². The zero-order valence-electron chi connectivity index (χ0n) is 12.7. The number of rotatable bonds is 6. The summed E-state index contributed by atoms with van der Waals surface area (Å²) in [5.74, 6) is 1.50. The van der Waals surface area contributed by atoms with Crippen molar-refractivity contribution in [2.45, 2.75) is 32.4 Å². The van der Waals surface area contributed by atoms with Crippen LogP contribution in [0.5, 0.6) is 11.5 Å². The van der Waals surface area contributed by atoms with Gasteiger partial charge in [-0.2, -0.15) is 0 Å². The van der Waals surface area contributed by atoms with Crippen LogP contribution in [0, 0.1) is 0 Å². The highest BCUT2D eigenvalue weighted by Crippen LogP contribution is 2.30. The topological polar surface area (TPSA) is 46.6 Å². The monoisotopic (exact) mass is 279 g/mol. The van der Waals surface area contributed by atoms with Crippen LogP contribution in [0.25, 0.3) is 0 Å². The van der Waals surface area contributed by atoms with E-state index in [4.69, 9.17) is 9.47 Å². The Bertz CT molecular complexity index is 424. The molecule has 1 atom stereocenters. The van der Waals surface area contributed by atoms with E-state index in [0.29, 0.717) is 6.04 Å². The number of likely N-dealkylation sites (tertiary alicyclic amines) is 1. The average Bonchev–Trinajstić information content (AvgIpc) is 2.47. The minimum Gasteiger partial charge on any atom is -0.493 e. The van der Waals surface area contributed by atoms with Crippen LogP contribution in [0.3, 0.4) is 0 Å². The highest BCUT2D eigenvalue weighted by atomic mass is 16.5. The lowest BCUT2D eigenvalue weighted by atomic mass is 10.1. The van der Waals surface area contributed by atoms with Crippen LogP contribution in [-0.2, 0) is 6.54 Å². The fourth-order valence-corrected chi connectivity index (χ4v) is 2.83. The van der Waals surface area contributed by atoms with Gasteiger partial charge < -0.3 is 14.8 Å². The molecule has 0 radical (unpaired) electrons. The van der Waals surface area contributed by atoms with Gasteiger partial charge in [0.1, 0.15) is 5.69 Å². The summed E-state index contributed by atoms with van der Waals surface area (Å²) in [4.78, 5) is 6.89. The first-order valence-corrected chi connectivity index (χ1v) is 7.30. The predicted molar refractivity (Wildman–Crippen MR) is 79.3 cm³/mol. The molecule has 0 amide bonds. The van der Waals surface area contributed by atoms with Crippen molar-refractivity contribution in [3.63, 3.8) is 0 Å². The second-order valence-corrected chi connectivity index (χ2v) is 5.13. The molecule has 20 heavy (non-hydrogen) atoms. The minimum atomic E-state index is 0.588. The Hall–Kier alpha value is -1.33. The number of hydrogen-bond acceptors (Lipinski definition) is 5. The number of piperidine rings is 1. The summed E-state index contributed by atoms with van der Waals surface area (Å²) < 4.78 is 10.8. The van der Waals surface area contributed by atoms with Gasteiger partial charge in [-0.3, -0.25) is 9.88 Å². The molecule has 0 saturated carbocycles. The van der Waals surface area contributed by atoms with Gasteiger partial charge in [0.25, 0.3) is 0 Å². The molecule has 1 saturated heterocycles. The lowest BCUT2D eigenvalue weighted by Gasteiger charge is -2.33. The van der Waals surface area contributed by atoms with Crippen LogP contribution in [0.4, 0.5) is 0 Å². The van der Waals surface area contributed by atoms with Crippen LogP contribution in [-0.4, -0.2) is 49.8 Å². The zero-order valence-corrected chi connectivity index (χ0v) is 12.7. The lowest BCUT2D eigenvalue weighted by Crippen LogP contribution is -2.45. The number of pyridine rings is 1. The fraction of sp³-hybridized carbons (Fsp3) is 0.667. The van der Waals surface area contributed by atoms with Gasteiger partial charge >= 0.3 is 0 Å². The van der Waals surface area contributed by atoms with Crippen molar-refractivity contribution in [2.75, 3.05) is 33.9 Å². The lowest BCUT2D eigenvalue weighted by molar-refractivity contribution is 0.180. The Balaban J connectivity index is 2.05. The normalized spacial score (nSPS) is 19.9. The molecule has 5 heteroatoms.